The highest BCUT2D eigenvalue weighted by Crippen LogP contribution is 2.27. The molecule has 0 heterocycles. The molecule has 0 aliphatic heterocycles. The topological polar surface area (TPSA) is 40.5 Å². The van der Waals surface area contributed by atoms with Crippen LogP contribution in [0.2, 0.25) is 0 Å². The van der Waals surface area contributed by atoms with E-state index in [2.05, 4.69) is 0 Å². The summed E-state index contributed by atoms with van der Waals surface area (Å²) in [6, 6.07) is 7.42. The Labute approximate surface area is 81.4 Å². The molecule has 0 aliphatic rings. The first-order valence-electron chi connectivity index (χ1n) is 3.76. The molecule has 0 spiro atoms. The lowest BCUT2D eigenvalue weighted by molar-refractivity contribution is 0.203. The molecule has 0 bridgehead atoms. The molecule has 0 fully saturated rings. The number of nitrogens with zero attached hydrogens (tertiary/aromatic N) is 1. The zero-order chi connectivity index (χ0) is 9.84. The first-order chi connectivity index (χ1) is 6.16. The maximum absolute atomic E-state index is 10.7. The van der Waals surface area contributed by atoms with Crippen molar-refractivity contribution in [3.05, 3.63) is 24.3 Å². The van der Waals surface area contributed by atoms with Crippen molar-refractivity contribution >= 4 is 23.5 Å². The molecule has 4 heteroatoms. The number of rotatable bonds is 2. The summed E-state index contributed by atoms with van der Waals surface area (Å²) in [5.41, 5.74) is 0.725. The van der Waals surface area contributed by atoms with Crippen LogP contribution in [0.25, 0.3) is 0 Å². The highest BCUT2D eigenvalue weighted by molar-refractivity contribution is 7.98. The van der Waals surface area contributed by atoms with Gasteiger partial charge in [-0.1, -0.05) is 12.1 Å². The van der Waals surface area contributed by atoms with Crippen LogP contribution >= 0.6 is 11.8 Å². The first-order valence-corrected chi connectivity index (χ1v) is 4.99. The van der Waals surface area contributed by atoms with Crippen molar-refractivity contribution in [2.45, 2.75) is 4.90 Å². The van der Waals surface area contributed by atoms with Crippen LogP contribution in [0.1, 0.15) is 0 Å². The van der Waals surface area contributed by atoms with Crippen molar-refractivity contribution < 1.29 is 9.90 Å². The molecule has 1 aromatic carbocycles. The number of para-hydroxylation sites is 1. The number of thioether (sulfide) groups is 1. The quantitative estimate of drug-likeness (QED) is 0.740. The molecule has 70 valence electrons. The van der Waals surface area contributed by atoms with E-state index in [1.54, 1.807) is 6.07 Å². The van der Waals surface area contributed by atoms with Gasteiger partial charge in [-0.25, -0.2) is 4.79 Å². The molecule has 1 rings (SSSR count). The summed E-state index contributed by atoms with van der Waals surface area (Å²) in [7, 11) is 1.54. The Morgan fingerprint density at radius 2 is 2.08 bits per heavy atom. The summed E-state index contributed by atoms with van der Waals surface area (Å²) in [4.78, 5) is 12.9. The van der Waals surface area contributed by atoms with Crippen molar-refractivity contribution in [2.24, 2.45) is 0 Å². The molecule has 13 heavy (non-hydrogen) atoms. The predicted molar refractivity (Wildman–Crippen MR) is 54.7 cm³/mol. The lowest BCUT2D eigenvalue weighted by Gasteiger charge is -2.15. The standard InChI is InChI=1S/C9H11NO2S/c1-10(9(11)12)7-5-3-4-6-8(7)13-2/h3-6H,1-2H3,(H,11,12). The van der Waals surface area contributed by atoms with Gasteiger partial charge >= 0.3 is 6.09 Å². The SMILES string of the molecule is CSc1ccccc1N(C)C(=O)O. The summed E-state index contributed by atoms with van der Waals surface area (Å²) in [5.74, 6) is 0. The molecule has 0 atom stereocenters. The third-order valence-electron chi connectivity index (χ3n) is 1.73. The van der Waals surface area contributed by atoms with E-state index in [0.717, 1.165) is 10.6 Å². The molecule has 0 radical (unpaired) electrons. The maximum atomic E-state index is 10.7. The fourth-order valence-electron chi connectivity index (χ4n) is 1.01. The molecule has 0 saturated heterocycles. The summed E-state index contributed by atoms with van der Waals surface area (Å²) in [6.07, 6.45) is 0.982. The van der Waals surface area contributed by atoms with E-state index in [4.69, 9.17) is 5.11 Å². The van der Waals surface area contributed by atoms with Crippen molar-refractivity contribution in [3.63, 3.8) is 0 Å². The van der Waals surface area contributed by atoms with Gasteiger partial charge in [0.05, 0.1) is 5.69 Å². The summed E-state index contributed by atoms with van der Waals surface area (Å²) in [6.45, 7) is 0. The minimum Gasteiger partial charge on any atom is -0.465 e. The monoisotopic (exact) mass is 197 g/mol. The van der Waals surface area contributed by atoms with Crippen molar-refractivity contribution in [2.75, 3.05) is 18.2 Å². The predicted octanol–water partition coefficient (Wildman–Crippen LogP) is 2.52. The van der Waals surface area contributed by atoms with Crippen LogP contribution in [0.3, 0.4) is 0 Å². The van der Waals surface area contributed by atoms with E-state index in [9.17, 15) is 4.79 Å². The largest absolute Gasteiger partial charge is 0.465 e. The van der Waals surface area contributed by atoms with Gasteiger partial charge in [0.2, 0.25) is 0 Å². The molecule has 0 aromatic heterocycles. The number of amides is 1. The van der Waals surface area contributed by atoms with Gasteiger partial charge in [-0.15, -0.1) is 11.8 Å². The lowest BCUT2D eigenvalue weighted by atomic mass is 10.3. The van der Waals surface area contributed by atoms with Gasteiger partial charge in [-0.2, -0.15) is 0 Å². The molecule has 3 nitrogen and oxygen atoms in total. The van der Waals surface area contributed by atoms with E-state index >= 15 is 0 Å². The molecule has 0 unspecified atom stereocenters. The smallest absolute Gasteiger partial charge is 0.411 e. The van der Waals surface area contributed by atoms with E-state index in [1.165, 1.54) is 23.7 Å². The maximum Gasteiger partial charge on any atom is 0.411 e. The second kappa shape index (κ2) is 4.18. The Morgan fingerprint density at radius 1 is 1.46 bits per heavy atom. The number of hydrogen-bond donors (Lipinski definition) is 1. The summed E-state index contributed by atoms with van der Waals surface area (Å²) < 4.78 is 0. The number of carbonyl (C=O) groups is 1. The van der Waals surface area contributed by atoms with Crippen LogP contribution in [-0.4, -0.2) is 24.5 Å². The van der Waals surface area contributed by atoms with E-state index in [1.807, 2.05) is 24.5 Å². The van der Waals surface area contributed by atoms with Crippen molar-refractivity contribution in [3.8, 4) is 0 Å². The second-order valence-corrected chi connectivity index (χ2v) is 3.36. The van der Waals surface area contributed by atoms with Crippen molar-refractivity contribution in [1.29, 1.82) is 0 Å². The average molecular weight is 197 g/mol. The Kier molecular flexibility index (Phi) is 3.19. The Bertz CT molecular complexity index is 314. The highest BCUT2D eigenvalue weighted by Gasteiger charge is 2.11. The van der Waals surface area contributed by atoms with E-state index in [-0.39, 0.29) is 0 Å². The van der Waals surface area contributed by atoms with Gasteiger partial charge in [0.15, 0.2) is 0 Å². The van der Waals surface area contributed by atoms with E-state index < -0.39 is 6.09 Å². The van der Waals surface area contributed by atoms with Crippen LogP contribution < -0.4 is 4.90 Å². The lowest BCUT2D eigenvalue weighted by Crippen LogP contribution is -2.24. The summed E-state index contributed by atoms with van der Waals surface area (Å²) in [5, 5.41) is 8.77. The molecular weight excluding hydrogens is 186 g/mol. The van der Waals surface area contributed by atoms with Gasteiger partial charge in [-0.3, -0.25) is 4.90 Å². The van der Waals surface area contributed by atoms with Crippen LogP contribution in [-0.2, 0) is 0 Å². The van der Waals surface area contributed by atoms with Crippen molar-refractivity contribution in [1.82, 2.24) is 0 Å². The number of benzene rings is 1. The zero-order valence-corrected chi connectivity index (χ0v) is 8.34. The molecule has 0 saturated carbocycles. The van der Waals surface area contributed by atoms with Crippen LogP contribution in [0.5, 0.6) is 0 Å². The first kappa shape index (κ1) is 9.92. The Hall–Kier alpha value is -1.16. The summed E-state index contributed by atoms with van der Waals surface area (Å²) >= 11 is 1.54. The second-order valence-electron chi connectivity index (χ2n) is 2.51. The van der Waals surface area contributed by atoms with Gasteiger partial charge in [0.1, 0.15) is 0 Å². The Balaban J connectivity index is 3.05. The highest BCUT2D eigenvalue weighted by atomic mass is 32.2. The van der Waals surface area contributed by atoms with Gasteiger partial charge < -0.3 is 5.11 Å². The zero-order valence-electron chi connectivity index (χ0n) is 7.52. The molecular formula is C9H11NO2S. The third kappa shape index (κ3) is 2.15. The van der Waals surface area contributed by atoms with Gasteiger partial charge in [0.25, 0.3) is 0 Å². The van der Waals surface area contributed by atoms with Crippen LogP contribution in [0.4, 0.5) is 10.5 Å². The third-order valence-corrected chi connectivity index (χ3v) is 2.52. The fourth-order valence-corrected chi connectivity index (χ4v) is 1.64. The number of hydrogen-bond acceptors (Lipinski definition) is 2. The van der Waals surface area contributed by atoms with Gasteiger partial charge in [0, 0.05) is 11.9 Å². The number of anilines is 1. The number of carboxylic acid groups (broad SMARTS) is 1. The van der Waals surface area contributed by atoms with Gasteiger partial charge in [-0.05, 0) is 18.4 Å². The fraction of sp³-hybridized carbons (Fsp3) is 0.222. The molecule has 1 amide bonds. The molecule has 1 aromatic rings. The minimum atomic E-state index is -0.943. The van der Waals surface area contributed by atoms with Crippen LogP contribution in [0.15, 0.2) is 29.2 Å². The Morgan fingerprint density at radius 3 is 2.62 bits per heavy atom. The minimum absolute atomic E-state index is 0.725. The van der Waals surface area contributed by atoms with Crippen LogP contribution in [0, 0.1) is 0 Å². The average Bonchev–Trinajstić information content (AvgIpc) is 2.16. The van der Waals surface area contributed by atoms with E-state index in [0.29, 0.717) is 0 Å². The molecule has 0 aliphatic carbocycles. The normalized spacial score (nSPS) is 9.69. The molecule has 1 N–H and O–H groups in total.